The van der Waals surface area contributed by atoms with E-state index >= 15 is 0 Å². The van der Waals surface area contributed by atoms with Crippen molar-refractivity contribution >= 4 is 17.5 Å². The number of nitrogens with one attached hydrogen (secondary N) is 1. The van der Waals surface area contributed by atoms with E-state index < -0.39 is 0 Å². The first-order valence-electron chi connectivity index (χ1n) is 3.99. The van der Waals surface area contributed by atoms with Crippen molar-refractivity contribution in [1.29, 1.82) is 5.26 Å². The van der Waals surface area contributed by atoms with E-state index in [0.717, 1.165) is 0 Å². The van der Waals surface area contributed by atoms with Gasteiger partial charge < -0.3 is 11.1 Å². The van der Waals surface area contributed by atoms with Gasteiger partial charge in [-0.05, 0) is 18.6 Å². The molecule has 1 rings (SSSR count). The predicted molar refractivity (Wildman–Crippen MR) is 52.4 cm³/mol. The molecule has 0 aromatic carbocycles. The van der Waals surface area contributed by atoms with Crippen molar-refractivity contribution in [2.45, 2.75) is 13.8 Å². The highest BCUT2D eigenvalue weighted by molar-refractivity contribution is 5.89. The minimum absolute atomic E-state index is 0.220. The maximum Gasteiger partial charge on any atom is 0.222 e. The molecular formula is C9H10N4O. The van der Waals surface area contributed by atoms with Crippen LogP contribution in [-0.2, 0) is 4.79 Å². The van der Waals surface area contributed by atoms with Gasteiger partial charge in [-0.1, -0.05) is 0 Å². The molecule has 72 valence electrons. The molecule has 0 radical (unpaired) electrons. The van der Waals surface area contributed by atoms with E-state index in [0.29, 0.717) is 11.1 Å². The number of nitrogen functional groups attached to an aromatic ring is 1. The molecule has 0 atom stereocenters. The van der Waals surface area contributed by atoms with Crippen LogP contribution in [0.2, 0.25) is 0 Å². The van der Waals surface area contributed by atoms with Gasteiger partial charge in [-0.2, -0.15) is 5.26 Å². The van der Waals surface area contributed by atoms with Crippen molar-refractivity contribution in [3.8, 4) is 6.07 Å². The van der Waals surface area contributed by atoms with Crippen LogP contribution in [0.4, 0.5) is 11.6 Å². The fourth-order valence-corrected chi connectivity index (χ4v) is 1.10. The standard InChI is InChI=1S/C9H10N4O/c1-5-3-8(11)13-9(7(5)4-10)12-6(2)14/h3H,1-2H3,(H3,11,12,13,14). The van der Waals surface area contributed by atoms with Crippen molar-refractivity contribution in [2.75, 3.05) is 11.1 Å². The van der Waals surface area contributed by atoms with Crippen LogP contribution in [0.3, 0.4) is 0 Å². The molecule has 1 aromatic rings. The van der Waals surface area contributed by atoms with Crippen LogP contribution < -0.4 is 11.1 Å². The summed E-state index contributed by atoms with van der Waals surface area (Å²) in [5.74, 6) is 0.224. The van der Waals surface area contributed by atoms with Crippen LogP contribution in [0.1, 0.15) is 18.1 Å². The summed E-state index contributed by atoms with van der Waals surface area (Å²) in [6.45, 7) is 3.09. The van der Waals surface area contributed by atoms with Crippen molar-refractivity contribution < 1.29 is 4.79 Å². The molecule has 14 heavy (non-hydrogen) atoms. The van der Waals surface area contributed by atoms with Crippen LogP contribution in [0, 0.1) is 18.3 Å². The van der Waals surface area contributed by atoms with Crippen molar-refractivity contribution in [3.63, 3.8) is 0 Å². The highest BCUT2D eigenvalue weighted by atomic mass is 16.1. The van der Waals surface area contributed by atoms with Crippen molar-refractivity contribution in [3.05, 3.63) is 17.2 Å². The molecule has 0 aliphatic rings. The monoisotopic (exact) mass is 190 g/mol. The molecule has 5 heteroatoms. The zero-order valence-electron chi connectivity index (χ0n) is 7.96. The number of hydrogen-bond donors (Lipinski definition) is 2. The van der Waals surface area contributed by atoms with Crippen LogP contribution in [0.15, 0.2) is 6.07 Å². The van der Waals surface area contributed by atoms with Gasteiger partial charge in [0, 0.05) is 6.92 Å². The molecule has 0 fully saturated rings. The summed E-state index contributed by atoms with van der Waals surface area (Å²) in [6, 6.07) is 3.55. The fraction of sp³-hybridized carbons (Fsp3) is 0.222. The topological polar surface area (TPSA) is 91.8 Å². The largest absolute Gasteiger partial charge is 0.384 e. The molecule has 0 spiro atoms. The Morgan fingerprint density at radius 1 is 1.71 bits per heavy atom. The summed E-state index contributed by atoms with van der Waals surface area (Å²) in [5, 5.41) is 11.3. The Labute approximate surface area is 81.6 Å². The Hall–Kier alpha value is -2.09. The maximum absolute atomic E-state index is 10.8. The molecule has 0 aliphatic heterocycles. The van der Waals surface area contributed by atoms with E-state index in [1.807, 2.05) is 6.07 Å². The number of nitrogens with two attached hydrogens (primary N) is 1. The van der Waals surface area contributed by atoms with Crippen molar-refractivity contribution in [2.24, 2.45) is 0 Å². The maximum atomic E-state index is 10.8. The summed E-state index contributed by atoms with van der Waals surface area (Å²) in [6.07, 6.45) is 0. The lowest BCUT2D eigenvalue weighted by Crippen LogP contribution is -2.11. The third kappa shape index (κ3) is 1.98. The number of aryl methyl sites for hydroxylation is 1. The Bertz CT molecular complexity index is 420. The number of amides is 1. The number of hydrogen-bond acceptors (Lipinski definition) is 4. The smallest absolute Gasteiger partial charge is 0.222 e. The van der Waals surface area contributed by atoms with E-state index in [4.69, 9.17) is 11.0 Å². The second-order valence-corrected chi connectivity index (χ2v) is 2.88. The SMILES string of the molecule is CC(=O)Nc1nc(N)cc(C)c1C#N. The summed E-state index contributed by atoms with van der Waals surface area (Å²) in [7, 11) is 0. The zero-order valence-corrected chi connectivity index (χ0v) is 7.96. The highest BCUT2D eigenvalue weighted by Crippen LogP contribution is 2.18. The first kappa shape index (κ1) is 9.99. The van der Waals surface area contributed by atoms with Gasteiger partial charge in [0.05, 0.1) is 5.56 Å². The van der Waals surface area contributed by atoms with Crippen LogP contribution >= 0.6 is 0 Å². The average molecular weight is 190 g/mol. The van der Waals surface area contributed by atoms with Gasteiger partial charge in [-0.25, -0.2) is 4.98 Å². The van der Waals surface area contributed by atoms with Gasteiger partial charge in [0.1, 0.15) is 11.9 Å². The normalized spacial score (nSPS) is 9.21. The second-order valence-electron chi connectivity index (χ2n) is 2.88. The fourth-order valence-electron chi connectivity index (χ4n) is 1.10. The molecular weight excluding hydrogens is 180 g/mol. The summed E-state index contributed by atoms with van der Waals surface area (Å²) in [5.41, 5.74) is 6.53. The number of aromatic nitrogens is 1. The molecule has 0 saturated carbocycles. The van der Waals surface area contributed by atoms with Gasteiger partial charge in [0.2, 0.25) is 5.91 Å². The summed E-state index contributed by atoms with van der Waals surface area (Å²) < 4.78 is 0. The van der Waals surface area contributed by atoms with E-state index in [1.165, 1.54) is 6.92 Å². The Morgan fingerprint density at radius 3 is 2.86 bits per heavy atom. The number of pyridine rings is 1. The number of carbonyl (C=O) groups excluding carboxylic acids is 1. The lowest BCUT2D eigenvalue weighted by Gasteiger charge is -2.06. The lowest BCUT2D eigenvalue weighted by atomic mass is 10.1. The highest BCUT2D eigenvalue weighted by Gasteiger charge is 2.09. The Morgan fingerprint density at radius 2 is 2.36 bits per heavy atom. The third-order valence-electron chi connectivity index (χ3n) is 1.64. The first-order valence-corrected chi connectivity index (χ1v) is 3.99. The molecule has 5 nitrogen and oxygen atoms in total. The Balaban J connectivity index is 3.26. The molecule has 1 heterocycles. The molecule has 3 N–H and O–H groups in total. The zero-order chi connectivity index (χ0) is 10.7. The first-order chi connectivity index (χ1) is 6.54. The van der Waals surface area contributed by atoms with E-state index in [1.54, 1.807) is 13.0 Å². The second kappa shape index (κ2) is 3.75. The quantitative estimate of drug-likeness (QED) is 0.685. The van der Waals surface area contributed by atoms with Gasteiger partial charge in [0.25, 0.3) is 0 Å². The number of anilines is 2. The minimum atomic E-state index is -0.279. The molecule has 0 bridgehead atoms. The summed E-state index contributed by atoms with van der Waals surface area (Å²) >= 11 is 0. The van der Waals surface area contributed by atoms with Crippen LogP contribution in [0.25, 0.3) is 0 Å². The molecule has 0 unspecified atom stereocenters. The van der Waals surface area contributed by atoms with Crippen LogP contribution in [-0.4, -0.2) is 10.9 Å². The number of rotatable bonds is 1. The number of carbonyl (C=O) groups is 1. The molecule has 1 amide bonds. The van der Waals surface area contributed by atoms with Gasteiger partial charge in [-0.3, -0.25) is 4.79 Å². The molecule has 1 aromatic heterocycles. The third-order valence-corrected chi connectivity index (χ3v) is 1.64. The lowest BCUT2D eigenvalue weighted by molar-refractivity contribution is -0.114. The van der Waals surface area contributed by atoms with E-state index in [2.05, 4.69) is 10.3 Å². The van der Waals surface area contributed by atoms with Gasteiger partial charge in [0.15, 0.2) is 5.82 Å². The minimum Gasteiger partial charge on any atom is -0.384 e. The molecule has 0 saturated heterocycles. The average Bonchev–Trinajstić information content (AvgIpc) is 2.01. The van der Waals surface area contributed by atoms with Crippen LogP contribution in [0.5, 0.6) is 0 Å². The summed E-state index contributed by atoms with van der Waals surface area (Å²) in [4.78, 5) is 14.7. The van der Waals surface area contributed by atoms with Crippen molar-refractivity contribution in [1.82, 2.24) is 4.98 Å². The van der Waals surface area contributed by atoms with Gasteiger partial charge >= 0.3 is 0 Å². The molecule has 0 aliphatic carbocycles. The van der Waals surface area contributed by atoms with Gasteiger partial charge in [-0.15, -0.1) is 0 Å². The van der Waals surface area contributed by atoms with E-state index in [9.17, 15) is 4.79 Å². The Kier molecular flexibility index (Phi) is 2.67. The number of nitriles is 1. The van der Waals surface area contributed by atoms with E-state index in [-0.39, 0.29) is 17.5 Å². The predicted octanol–water partition coefficient (Wildman–Crippen LogP) is 0.802. The number of nitrogens with zero attached hydrogens (tertiary/aromatic N) is 2.